The number of nitrogens with one attached hydrogen (secondary N) is 1. The van der Waals surface area contributed by atoms with E-state index in [9.17, 15) is 4.79 Å². The third-order valence-electron chi connectivity index (χ3n) is 1.42. The third-order valence-corrected chi connectivity index (χ3v) is 1.42. The van der Waals surface area contributed by atoms with Gasteiger partial charge in [-0.1, -0.05) is 6.92 Å². The average molecular weight is 159 g/mol. The van der Waals surface area contributed by atoms with Crippen LogP contribution in [0.2, 0.25) is 0 Å². The summed E-state index contributed by atoms with van der Waals surface area (Å²) in [5.41, 5.74) is 0. The summed E-state index contributed by atoms with van der Waals surface area (Å²) < 4.78 is 9.80. The highest BCUT2D eigenvalue weighted by Crippen LogP contribution is 2.04. The Morgan fingerprint density at radius 3 is 2.91 bits per heavy atom. The van der Waals surface area contributed by atoms with Crippen LogP contribution < -0.4 is 5.32 Å². The molecule has 1 N–H and O–H groups in total. The largest absolute Gasteiger partial charge is 0.456 e. The lowest BCUT2D eigenvalue weighted by Crippen LogP contribution is -2.40. The van der Waals surface area contributed by atoms with Crippen LogP contribution in [0.25, 0.3) is 0 Å². The van der Waals surface area contributed by atoms with Gasteiger partial charge in [0.1, 0.15) is 6.10 Å². The fourth-order valence-corrected chi connectivity index (χ4v) is 0.737. The minimum atomic E-state index is -0.194. The monoisotopic (exact) mass is 159 g/mol. The Labute approximate surface area is 65.9 Å². The minimum Gasteiger partial charge on any atom is -0.456 e. The standard InChI is InChI=1S/C7H13NO3/c1-2-8-3-7(9)11-6-4-10-5-6/h6,8H,2-5H2,1H3. The number of rotatable bonds is 4. The molecule has 0 spiro atoms. The maximum absolute atomic E-state index is 10.9. The SMILES string of the molecule is CCNCC(=O)OC1COC1. The highest BCUT2D eigenvalue weighted by atomic mass is 16.6. The quantitative estimate of drug-likeness (QED) is 0.564. The minimum absolute atomic E-state index is 0.00107. The third kappa shape index (κ3) is 2.86. The van der Waals surface area contributed by atoms with Crippen LogP contribution in [0.1, 0.15) is 6.92 Å². The summed E-state index contributed by atoms with van der Waals surface area (Å²) in [4.78, 5) is 10.9. The molecule has 4 nitrogen and oxygen atoms in total. The van der Waals surface area contributed by atoms with Crippen LogP contribution in [-0.2, 0) is 14.3 Å². The average Bonchev–Trinajstić information content (AvgIpc) is 1.93. The van der Waals surface area contributed by atoms with E-state index in [2.05, 4.69) is 5.32 Å². The lowest BCUT2D eigenvalue weighted by atomic mass is 10.3. The van der Waals surface area contributed by atoms with Crippen molar-refractivity contribution < 1.29 is 14.3 Å². The van der Waals surface area contributed by atoms with Crippen LogP contribution in [-0.4, -0.2) is 38.4 Å². The maximum Gasteiger partial charge on any atom is 0.320 e. The van der Waals surface area contributed by atoms with Crippen molar-refractivity contribution in [2.75, 3.05) is 26.3 Å². The van der Waals surface area contributed by atoms with Gasteiger partial charge in [-0.2, -0.15) is 0 Å². The van der Waals surface area contributed by atoms with Crippen LogP contribution in [0.15, 0.2) is 0 Å². The zero-order chi connectivity index (χ0) is 8.10. The van der Waals surface area contributed by atoms with Gasteiger partial charge in [0, 0.05) is 0 Å². The molecule has 1 heterocycles. The van der Waals surface area contributed by atoms with Crippen molar-refractivity contribution in [1.29, 1.82) is 0 Å². The van der Waals surface area contributed by atoms with E-state index in [-0.39, 0.29) is 12.1 Å². The molecule has 1 rings (SSSR count). The van der Waals surface area contributed by atoms with Gasteiger partial charge in [0.05, 0.1) is 19.8 Å². The van der Waals surface area contributed by atoms with E-state index in [0.29, 0.717) is 19.8 Å². The van der Waals surface area contributed by atoms with Crippen molar-refractivity contribution in [2.45, 2.75) is 13.0 Å². The smallest absolute Gasteiger partial charge is 0.320 e. The molecule has 1 saturated heterocycles. The van der Waals surface area contributed by atoms with E-state index < -0.39 is 0 Å². The number of hydrogen-bond donors (Lipinski definition) is 1. The molecule has 64 valence electrons. The van der Waals surface area contributed by atoms with Crippen LogP contribution >= 0.6 is 0 Å². The van der Waals surface area contributed by atoms with Crippen molar-refractivity contribution in [3.05, 3.63) is 0 Å². The molecule has 1 aliphatic rings. The van der Waals surface area contributed by atoms with Crippen molar-refractivity contribution in [3.63, 3.8) is 0 Å². The zero-order valence-corrected chi connectivity index (χ0v) is 6.63. The van der Waals surface area contributed by atoms with E-state index >= 15 is 0 Å². The molecule has 0 saturated carbocycles. The van der Waals surface area contributed by atoms with Gasteiger partial charge in [0.25, 0.3) is 0 Å². The Morgan fingerprint density at radius 2 is 2.45 bits per heavy atom. The fourth-order valence-electron chi connectivity index (χ4n) is 0.737. The topological polar surface area (TPSA) is 47.6 Å². The van der Waals surface area contributed by atoms with Gasteiger partial charge in [-0.15, -0.1) is 0 Å². The van der Waals surface area contributed by atoms with E-state index in [1.54, 1.807) is 0 Å². The van der Waals surface area contributed by atoms with Crippen molar-refractivity contribution in [2.24, 2.45) is 0 Å². The summed E-state index contributed by atoms with van der Waals surface area (Å²) >= 11 is 0. The van der Waals surface area contributed by atoms with Crippen LogP contribution in [0.5, 0.6) is 0 Å². The molecule has 4 heteroatoms. The molecular weight excluding hydrogens is 146 g/mol. The second-order valence-corrected chi connectivity index (χ2v) is 2.43. The molecule has 1 aliphatic heterocycles. The van der Waals surface area contributed by atoms with Crippen LogP contribution in [0, 0.1) is 0 Å². The first-order valence-electron chi connectivity index (χ1n) is 3.81. The molecule has 0 atom stereocenters. The number of likely N-dealkylation sites (N-methyl/N-ethyl adjacent to an activating group) is 1. The number of carbonyl (C=O) groups is 1. The number of carbonyl (C=O) groups excluding carboxylic acids is 1. The van der Waals surface area contributed by atoms with Gasteiger partial charge in [0.2, 0.25) is 0 Å². The summed E-state index contributed by atoms with van der Waals surface area (Å²) in [7, 11) is 0. The maximum atomic E-state index is 10.9. The number of ether oxygens (including phenoxy) is 2. The second kappa shape index (κ2) is 4.31. The Morgan fingerprint density at radius 1 is 1.73 bits per heavy atom. The van der Waals surface area contributed by atoms with Crippen LogP contribution in [0.3, 0.4) is 0 Å². The van der Waals surface area contributed by atoms with Gasteiger partial charge >= 0.3 is 5.97 Å². The van der Waals surface area contributed by atoms with E-state index in [0.717, 1.165) is 6.54 Å². The molecule has 0 aromatic heterocycles. The molecular formula is C7H13NO3. The zero-order valence-electron chi connectivity index (χ0n) is 6.63. The van der Waals surface area contributed by atoms with Gasteiger partial charge in [0.15, 0.2) is 0 Å². The lowest BCUT2D eigenvalue weighted by Gasteiger charge is -2.25. The first-order valence-corrected chi connectivity index (χ1v) is 3.81. The molecule has 0 radical (unpaired) electrons. The normalized spacial score (nSPS) is 17.5. The Kier molecular flexibility index (Phi) is 3.32. The molecule has 0 aliphatic carbocycles. The molecule has 0 unspecified atom stereocenters. The van der Waals surface area contributed by atoms with Gasteiger partial charge in [-0.25, -0.2) is 0 Å². The van der Waals surface area contributed by atoms with Crippen molar-refractivity contribution >= 4 is 5.97 Å². The summed E-state index contributed by atoms with van der Waals surface area (Å²) in [5, 5.41) is 2.89. The summed E-state index contributed by atoms with van der Waals surface area (Å²) in [6.45, 7) is 4.14. The second-order valence-electron chi connectivity index (χ2n) is 2.43. The van der Waals surface area contributed by atoms with Gasteiger partial charge in [-0.05, 0) is 6.54 Å². The summed E-state index contributed by atoms with van der Waals surface area (Å²) in [6, 6.07) is 0. The molecule has 0 amide bonds. The van der Waals surface area contributed by atoms with E-state index in [4.69, 9.17) is 9.47 Å². The highest BCUT2D eigenvalue weighted by molar-refractivity contribution is 5.71. The molecule has 11 heavy (non-hydrogen) atoms. The highest BCUT2D eigenvalue weighted by Gasteiger charge is 2.21. The molecule has 0 aromatic carbocycles. The van der Waals surface area contributed by atoms with Crippen LogP contribution in [0.4, 0.5) is 0 Å². The first-order chi connectivity index (χ1) is 5.33. The molecule has 0 aromatic rings. The number of hydrogen-bond acceptors (Lipinski definition) is 4. The summed E-state index contributed by atoms with van der Waals surface area (Å²) in [6.07, 6.45) is 0.00107. The summed E-state index contributed by atoms with van der Waals surface area (Å²) in [5.74, 6) is -0.194. The fraction of sp³-hybridized carbons (Fsp3) is 0.857. The Hall–Kier alpha value is -0.610. The van der Waals surface area contributed by atoms with Gasteiger partial charge < -0.3 is 14.8 Å². The van der Waals surface area contributed by atoms with Gasteiger partial charge in [-0.3, -0.25) is 4.79 Å². The Bertz CT molecular complexity index is 134. The van der Waals surface area contributed by atoms with E-state index in [1.807, 2.05) is 6.92 Å². The molecule has 1 fully saturated rings. The molecule has 0 bridgehead atoms. The predicted octanol–water partition coefficient (Wildman–Crippen LogP) is -0.462. The Balaban J connectivity index is 2.00. The van der Waals surface area contributed by atoms with E-state index in [1.165, 1.54) is 0 Å². The van der Waals surface area contributed by atoms with Crippen molar-refractivity contribution in [3.8, 4) is 0 Å². The number of esters is 1. The van der Waals surface area contributed by atoms with Crippen molar-refractivity contribution in [1.82, 2.24) is 5.32 Å². The predicted molar refractivity (Wildman–Crippen MR) is 39.2 cm³/mol. The first kappa shape index (κ1) is 8.49. The lowest BCUT2D eigenvalue weighted by molar-refractivity contribution is -0.171.